The molecule has 0 aromatic carbocycles. The Hall–Kier alpha value is -0.0800. The van der Waals surface area contributed by atoms with Crippen molar-refractivity contribution in [2.24, 2.45) is 5.73 Å². The zero-order valence-electron chi connectivity index (χ0n) is 8.54. The van der Waals surface area contributed by atoms with Crippen LogP contribution < -0.4 is 5.73 Å². The van der Waals surface area contributed by atoms with E-state index in [2.05, 4.69) is 4.90 Å². The summed E-state index contributed by atoms with van der Waals surface area (Å²) >= 11 is 0. The summed E-state index contributed by atoms with van der Waals surface area (Å²) in [6.45, 7) is 2.61. The van der Waals surface area contributed by atoms with Crippen molar-refractivity contribution >= 4 is 0 Å². The summed E-state index contributed by atoms with van der Waals surface area (Å²) in [6.07, 6.45) is 9.59. The first-order valence-electron chi connectivity index (χ1n) is 5.87. The summed E-state index contributed by atoms with van der Waals surface area (Å²) in [4.78, 5) is 2.66. The number of likely N-dealkylation sites (tertiary alicyclic amines) is 1. The highest BCUT2D eigenvalue weighted by molar-refractivity contribution is 4.88. The van der Waals surface area contributed by atoms with Gasteiger partial charge in [0.1, 0.15) is 0 Å². The Morgan fingerprint density at radius 2 is 1.54 bits per heavy atom. The highest BCUT2D eigenvalue weighted by Crippen LogP contribution is 2.24. The summed E-state index contributed by atoms with van der Waals surface area (Å²) < 4.78 is 0. The van der Waals surface area contributed by atoms with Crippen molar-refractivity contribution in [1.29, 1.82) is 0 Å². The number of nitrogens with two attached hydrogens (primary N) is 1. The average Bonchev–Trinajstić information content (AvgIpc) is 2.43. The van der Waals surface area contributed by atoms with Crippen LogP contribution in [0.1, 0.15) is 44.9 Å². The van der Waals surface area contributed by atoms with Crippen molar-refractivity contribution in [2.45, 2.75) is 57.0 Å². The summed E-state index contributed by atoms with van der Waals surface area (Å²) in [5, 5.41) is 0. The minimum absolute atomic E-state index is 0.470. The first-order chi connectivity index (χ1) is 6.38. The van der Waals surface area contributed by atoms with E-state index in [0.717, 1.165) is 6.04 Å². The van der Waals surface area contributed by atoms with Crippen LogP contribution in [0.4, 0.5) is 0 Å². The standard InChI is InChI=1S/C11H22N2/c12-10-6-5-7-11(10)13-8-3-1-2-4-9-13/h10-11H,1-9,12H2. The van der Waals surface area contributed by atoms with Gasteiger partial charge in [-0.2, -0.15) is 0 Å². The molecule has 0 aromatic heterocycles. The van der Waals surface area contributed by atoms with Crippen molar-refractivity contribution < 1.29 is 0 Å². The van der Waals surface area contributed by atoms with Crippen LogP contribution in [-0.2, 0) is 0 Å². The summed E-state index contributed by atoms with van der Waals surface area (Å²) in [7, 11) is 0. The molecular formula is C11H22N2. The Bertz CT molecular complexity index is 150. The molecule has 2 N–H and O–H groups in total. The molecule has 1 aliphatic heterocycles. The number of hydrogen-bond donors (Lipinski definition) is 1. The molecule has 0 aromatic rings. The van der Waals surface area contributed by atoms with Crippen molar-refractivity contribution in [3.8, 4) is 0 Å². The SMILES string of the molecule is NC1CCCC1N1CCCCCC1. The predicted octanol–water partition coefficient (Wildman–Crippen LogP) is 1.74. The molecular weight excluding hydrogens is 160 g/mol. The first kappa shape index (κ1) is 9.47. The lowest BCUT2D eigenvalue weighted by atomic mass is 10.1. The summed E-state index contributed by atoms with van der Waals surface area (Å²) in [5.41, 5.74) is 6.12. The highest BCUT2D eigenvalue weighted by Gasteiger charge is 2.29. The van der Waals surface area contributed by atoms with Gasteiger partial charge in [0.05, 0.1) is 0 Å². The number of nitrogens with zero attached hydrogens (tertiary/aromatic N) is 1. The Morgan fingerprint density at radius 3 is 2.08 bits per heavy atom. The molecule has 0 spiro atoms. The second-order valence-corrected chi connectivity index (χ2v) is 4.61. The van der Waals surface area contributed by atoms with Gasteiger partial charge in [0, 0.05) is 12.1 Å². The van der Waals surface area contributed by atoms with Gasteiger partial charge in [0.15, 0.2) is 0 Å². The second kappa shape index (κ2) is 4.43. The van der Waals surface area contributed by atoms with Gasteiger partial charge >= 0.3 is 0 Å². The van der Waals surface area contributed by atoms with E-state index in [1.807, 2.05) is 0 Å². The van der Waals surface area contributed by atoms with Crippen LogP contribution in [0.3, 0.4) is 0 Å². The third kappa shape index (κ3) is 2.23. The van der Waals surface area contributed by atoms with Crippen LogP contribution in [0.15, 0.2) is 0 Å². The Kier molecular flexibility index (Phi) is 3.23. The number of hydrogen-bond acceptors (Lipinski definition) is 2. The maximum absolute atomic E-state index is 6.12. The quantitative estimate of drug-likeness (QED) is 0.669. The van der Waals surface area contributed by atoms with Gasteiger partial charge in [-0.05, 0) is 38.8 Å². The van der Waals surface area contributed by atoms with Gasteiger partial charge < -0.3 is 5.73 Å². The van der Waals surface area contributed by atoms with Crippen LogP contribution in [0, 0.1) is 0 Å². The molecule has 2 heteroatoms. The smallest absolute Gasteiger partial charge is 0.0247 e. The largest absolute Gasteiger partial charge is 0.326 e. The zero-order chi connectivity index (χ0) is 9.10. The maximum atomic E-state index is 6.12. The van der Waals surface area contributed by atoms with Crippen molar-refractivity contribution in [3.63, 3.8) is 0 Å². The molecule has 2 unspecified atom stereocenters. The van der Waals surface area contributed by atoms with Crippen LogP contribution in [0.25, 0.3) is 0 Å². The second-order valence-electron chi connectivity index (χ2n) is 4.61. The van der Waals surface area contributed by atoms with Crippen LogP contribution in [0.2, 0.25) is 0 Å². The van der Waals surface area contributed by atoms with E-state index in [1.165, 1.54) is 58.0 Å². The Labute approximate surface area is 81.5 Å². The fourth-order valence-corrected chi connectivity index (χ4v) is 2.85. The predicted molar refractivity (Wildman–Crippen MR) is 55.7 cm³/mol. The molecule has 2 fully saturated rings. The van der Waals surface area contributed by atoms with Crippen LogP contribution in [0.5, 0.6) is 0 Å². The fraction of sp³-hybridized carbons (Fsp3) is 1.00. The minimum Gasteiger partial charge on any atom is -0.326 e. The Balaban J connectivity index is 1.89. The van der Waals surface area contributed by atoms with Gasteiger partial charge in [-0.15, -0.1) is 0 Å². The average molecular weight is 182 g/mol. The lowest BCUT2D eigenvalue weighted by molar-refractivity contribution is 0.192. The normalized spacial score (nSPS) is 37.6. The molecule has 1 heterocycles. The first-order valence-corrected chi connectivity index (χ1v) is 5.87. The number of rotatable bonds is 1. The molecule has 1 aliphatic carbocycles. The molecule has 76 valence electrons. The zero-order valence-corrected chi connectivity index (χ0v) is 8.54. The van der Waals surface area contributed by atoms with E-state index in [1.54, 1.807) is 0 Å². The Morgan fingerprint density at radius 1 is 0.846 bits per heavy atom. The lowest BCUT2D eigenvalue weighted by Gasteiger charge is -2.30. The third-order valence-electron chi connectivity index (χ3n) is 3.64. The molecule has 1 saturated heterocycles. The molecule has 2 rings (SSSR count). The maximum Gasteiger partial charge on any atom is 0.0247 e. The van der Waals surface area contributed by atoms with E-state index in [4.69, 9.17) is 5.73 Å². The lowest BCUT2D eigenvalue weighted by Crippen LogP contribution is -2.44. The summed E-state index contributed by atoms with van der Waals surface area (Å²) in [5.74, 6) is 0. The molecule has 2 aliphatic rings. The molecule has 2 atom stereocenters. The van der Waals surface area contributed by atoms with Crippen LogP contribution in [-0.4, -0.2) is 30.1 Å². The van der Waals surface area contributed by atoms with E-state index >= 15 is 0 Å². The molecule has 0 bridgehead atoms. The van der Waals surface area contributed by atoms with E-state index in [9.17, 15) is 0 Å². The molecule has 13 heavy (non-hydrogen) atoms. The van der Waals surface area contributed by atoms with E-state index in [0.29, 0.717) is 6.04 Å². The van der Waals surface area contributed by atoms with Crippen molar-refractivity contribution in [3.05, 3.63) is 0 Å². The third-order valence-corrected chi connectivity index (χ3v) is 3.64. The van der Waals surface area contributed by atoms with Gasteiger partial charge in [-0.3, -0.25) is 4.90 Å². The minimum atomic E-state index is 0.470. The fourth-order valence-electron chi connectivity index (χ4n) is 2.85. The van der Waals surface area contributed by atoms with Crippen molar-refractivity contribution in [1.82, 2.24) is 4.90 Å². The van der Waals surface area contributed by atoms with Crippen molar-refractivity contribution in [2.75, 3.05) is 13.1 Å². The van der Waals surface area contributed by atoms with Crippen LogP contribution >= 0.6 is 0 Å². The van der Waals surface area contributed by atoms with Gasteiger partial charge in [0.2, 0.25) is 0 Å². The van der Waals surface area contributed by atoms with Gasteiger partial charge in [0.25, 0.3) is 0 Å². The summed E-state index contributed by atoms with van der Waals surface area (Å²) in [6, 6.07) is 1.19. The van der Waals surface area contributed by atoms with E-state index < -0.39 is 0 Å². The van der Waals surface area contributed by atoms with Gasteiger partial charge in [-0.25, -0.2) is 0 Å². The highest BCUT2D eigenvalue weighted by atomic mass is 15.2. The molecule has 1 saturated carbocycles. The molecule has 0 amide bonds. The van der Waals surface area contributed by atoms with Gasteiger partial charge in [-0.1, -0.05) is 19.3 Å². The van der Waals surface area contributed by atoms with E-state index in [-0.39, 0.29) is 0 Å². The molecule has 0 radical (unpaired) electrons. The molecule has 2 nitrogen and oxygen atoms in total. The topological polar surface area (TPSA) is 29.3 Å². The monoisotopic (exact) mass is 182 g/mol.